The fourth-order valence-electron chi connectivity index (χ4n) is 1.29. The zero-order valence-corrected chi connectivity index (χ0v) is 7.56. The Morgan fingerprint density at radius 3 is 2.69 bits per heavy atom. The highest BCUT2D eigenvalue weighted by molar-refractivity contribution is 5.28. The second kappa shape index (κ2) is 4.33. The Bertz CT molecular complexity index is 284. The van der Waals surface area contributed by atoms with Gasteiger partial charge in [-0.2, -0.15) is 0 Å². The third-order valence-electron chi connectivity index (χ3n) is 1.89. The lowest BCUT2D eigenvalue weighted by Gasteiger charge is -2.09. The smallest absolute Gasteiger partial charge is 0.129 e. The monoisotopic (exact) mass is 185 g/mol. The highest BCUT2D eigenvalue weighted by Crippen LogP contribution is 2.16. The molecule has 0 aliphatic carbocycles. The Hall–Kier alpha value is -0.960. The first kappa shape index (κ1) is 10.1. The van der Waals surface area contributed by atoms with Crippen LogP contribution in [0.3, 0.4) is 0 Å². The van der Waals surface area contributed by atoms with Crippen LogP contribution in [0.5, 0.6) is 0 Å². The Balaban J connectivity index is 2.98. The van der Waals surface area contributed by atoms with E-state index in [1.165, 1.54) is 6.07 Å². The van der Waals surface area contributed by atoms with Crippen LogP contribution in [0.4, 0.5) is 8.78 Å². The van der Waals surface area contributed by atoms with Gasteiger partial charge in [-0.25, -0.2) is 8.78 Å². The van der Waals surface area contributed by atoms with Gasteiger partial charge in [-0.05, 0) is 25.0 Å². The van der Waals surface area contributed by atoms with E-state index in [0.717, 1.165) is 0 Å². The number of halogens is 2. The van der Waals surface area contributed by atoms with Crippen LogP contribution in [0.2, 0.25) is 0 Å². The summed E-state index contributed by atoms with van der Waals surface area (Å²) in [7, 11) is 0. The maximum absolute atomic E-state index is 13.0. The molecule has 0 aromatic heterocycles. The molecule has 72 valence electrons. The van der Waals surface area contributed by atoms with Crippen molar-refractivity contribution < 1.29 is 8.78 Å². The van der Waals surface area contributed by atoms with Gasteiger partial charge in [0.2, 0.25) is 0 Å². The number of rotatable bonds is 3. The summed E-state index contributed by atoms with van der Waals surface area (Å²) < 4.78 is 25.4. The number of hydrogen-bond acceptors (Lipinski definition) is 1. The minimum absolute atomic E-state index is 0.0768. The summed E-state index contributed by atoms with van der Waals surface area (Å²) in [6, 6.07) is 4.47. The average Bonchev–Trinajstić information content (AvgIpc) is 2.03. The topological polar surface area (TPSA) is 26.0 Å². The minimum Gasteiger partial charge on any atom is -0.328 e. The Morgan fingerprint density at radius 1 is 1.46 bits per heavy atom. The molecular weight excluding hydrogens is 172 g/mol. The molecule has 0 amide bonds. The summed E-state index contributed by atoms with van der Waals surface area (Å²) in [4.78, 5) is 0. The van der Waals surface area contributed by atoms with Crippen LogP contribution in [0.15, 0.2) is 18.2 Å². The Labute approximate surface area is 76.6 Å². The molecule has 2 N–H and O–H groups in total. The normalized spacial score (nSPS) is 12.9. The van der Waals surface area contributed by atoms with Crippen LogP contribution in [0, 0.1) is 5.82 Å². The van der Waals surface area contributed by atoms with Gasteiger partial charge in [0.1, 0.15) is 12.5 Å². The van der Waals surface area contributed by atoms with Crippen LogP contribution in [-0.2, 0) is 13.1 Å². The zero-order chi connectivity index (χ0) is 9.84. The molecule has 0 radical (unpaired) electrons. The quantitative estimate of drug-likeness (QED) is 0.767. The SMILES string of the molecule is CC(N)Cc1cccc(F)c1CF. The molecule has 1 unspecified atom stereocenters. The first-order chi connectivity index (χ1) is 6.15. The van der Waals surface area contributed by atoms with E-state index in [9.17, 15) is 8.78 Å². The Kier molecular flexibility index (Phi) is 3.37. The molecule has 0 aliphatic heterocycles. The second-order valence-corrected chi connectivity index (χ2v) is 3.19. The van der Waals surface area contributed by atoms with E-state index in [2.05, 4.69) is 0 Å². The number of alkyl halides is 1. The van der Waals surface area contributed by atoms with Crippen LogP contribution < -0.4 is 5.73 Å². The maximum atomic E-state index is 13.0. The lowest BCUT2D eigenvalue weighted by Crippen LogP contribution is -2.18. The van der Waals surface area contributed by atoms with Crippen molar-refractivity contribution in [3.05, 3.63) is 35.1 Å². The fraction of sp³-hybridized carbons (Fsp3) is 0.400. The number of nitrogens with two attached hydrogens (primary N) is 1. The fourth-order valence-corrected chi connectivity index (χ4v) is 1.29. The molecule has 1 aromatic rings. The van der Waals surface area contributed by atoms with Gasteiger partial charge in [-0.15, -0.1) is 0 Å². The molecule has 0 heterocycles. The molecule has 0 aliphatic rings. The van der Waals surface area contributed by atoms with E-state index in [-0.39, 0.29) is 11.6 Å². The van der Waals surface area contributed by atoms with E-state index >= 15 is 0 Å². The minimum atomic E-state index is -0.769. The van der Waals surface area contributed by atoms with E-state index in [1.54, 1.807) is 12.1 Å². The molecule has 0 spiro atoms. The first-order valence-electron chi connectivity index (χ1n) is 4.23. The lowest BCUT2D eigenvalue weighted by molar-refractivity contribution is 0.459. The standard InChI is InChI=1S/C10H13F2N/c1-7(13)5-8-3-2-4-10(12)9(8)6-11/h2-4,7H,5-6,13H2,1H3. The molecule has 13 heavy (non-hydrogen) atoms. The highest BCUT2D eigenvalue weighted by atomic mass is 19.1. The molecule has 0 saturated carbocycles. The van der Waals surface area contributed by atoms with Gasteiger partial charge in [0, 0.05) is 11.6 Å². The van der Waals surface area contributed by atoms with Crippen molar-refractivity contribution in [2.45, 2.75) is 26.1 Å². The third kappa shape index (κ3) is 2.49. The van der Waals surface area contributed by atoms with Crippen molar-refractivity contribution in [2.24, 2.45) is 5.73 Å². The molecule has 3 heteroatoms. The third-order valence-corrected chi connectivity index (χ3v) is 1.89. The van der Waals surface area contributed by atoms with Crippen molar-refractivity contribution in [1.29, 1.82) is 0 Å². The van der Waals surface area contributed by atoms with Gasteiger partial charge >= 0.3 is 0 Å². The molecule has 1 nitrogen and oxygen atoms in total. The maximum Gasteiger partial charge on any atom is 0.129 e. The zero-order valence-electron chi connectivity index (χ0n) is 7.56. The van der Waals surface area contributed by atoms with Crippen LogP contribution in [0.1, 0.15) is 18.1 Å². The number of benzene rings is 1. The first-order valence-corrected chi connectivity index (χ1v) is 4.23. The predicted octanol–water partition coefficient (Wildman–Crippen LogP) is 2.18. The molecule has 0 bridgehead atoms. The van der Waals surface area contributed by atoms with Gasteiger partial charge in [-0.1, -0.05) is 12.1 Å². The van der Waals surface area contributed by atoms with E-state index in [1.807, 2.05) is 6.92 Å². The second-order valence-electron chi connectivity index (χ2n) is 3.19. The predicted molar refractivity (Wildman–Crippen MR) is 48.6 cm³/mol. The molecule has 0 fully saturated rings. The van der Waals surface area contributed by atoms with Gasteiger partial charge in [-0.3, -0.25) is 0 Å². The summed E-state index contributed by atoms with van der Waals surface area (Å²) >= 11 is 0. The summed E-state index contributed by atoms with van der Waals surface area (Å²) in [5.74, 6) is -0.486. The Morgan fingerprint density at radius 2 is 2.15 bits per heavy atom. The molecular formula is C10H13F2N. The van der Waals surface area contributed by atoms with Crippen molar-refractivity contribution >= 4 is 0 Å². The van der Waals surface area contributed by atoms with Gasteiger partial charge in [0.25, 0.3) is 0 Å². The average molecular weight is 185 g/mol. The van der Waals surface area contributed by atoms with Crippen molar-refractivity contribution in [1.82, 2.24) is 0 Å². The number of hydrogen-bond donors (Lipinski definition) is 1. The molecule has 1 atom stereocenters. The van der Waals surface area contributed by atoms with Crippen LogP contribution in [-0.4, -0.2) is 6.04 Å². The van der Waals surface area contributed by atoms with Crippen LogP contribution in [0.25, 0.3) is 0 Å². The van der Waals surface area contributed by atoms with Crippen molar-refractivity contribution in [3.8, 4) is 0 Å². The van der Waals surface area contributed by atoms with Crippen molar-refractivity contribution in [2.75, 3.05) is 0 Å². The molecule has 0 saturated heterocycles. The highest BCUT2D eigenvalue weighted by Gasteiger charge is 2.08. The summed E-state index contributed by atoms with van der Waals surface area (Å²) in [5, 5.41) is 0. The van der Waals surface area contributed by atoms with Crippen molar-refractivity contribution in [3.63, 3.8) is 0 Å². The van der Waals surface area contributed by atoms with E-state index in [4.69, 9.17) is 5.73 Å². The summed E-state index contributed by atoms with van der Waals surface area (Å²) in [6.45, 7) is 1.04. The molecule has 1 aromatic carbocycles. The van der Waals surface area contributed by atoms with Crippen LogP contribution >= 0.6 is 0 Å². The van der Waals surface area contributed by atoms with Gasteiger partial charge in [0.05, 0.1) is 0 Å². The summed E-state index contributed by atoms with van der Waals surface area (Å²) in [6.07, 6.45) is 0.511. The van der Waals surface area contributed by atoms with E-state index < -0.39 is 12.5 Å². The summed E-state index contributed by atoms with van der Waals surface area (Å²) in [5.41, 5.74) is 6.36. The molecule has 1 rings (SSSR count). The van der Waals surface area contributed by atoms with E-state index in [0.29, 0.717) is 12.0 Å². The largest absolute Gasteiger partial charge is 0.328 e. The van der Waals surface area contributed by atoms with Gasteiger partial charge < -0.3 is 5.73 Å². The van der Waals surface area contributed by atoms with Gasteiger partial charge in [0.15, 0.2) is 0 Å². The lowest BCUT2D eigenvalue weighted by atomic mass is 10.0.